The van der Waals surface area contributed by atoms with E-state index in [9.17, 15) is 5.11 Å². The van der Waals surface area contributed by atoms with Gasteiger partial charge in [-0.2, -0.15) is 0 Å². The first-order valence-corrected chi connectivity index (χ1v) is 7.08. The summed E-state index contributed by atoms with van der Waals surface area (Å²) >= 11 is 1.69. The Morgan fingerprint density at radius 2 is 2.06 bits per heavy atom. The average Bonchev–Trinajstić information content (AvgIpc) is 2.92. The third-order valence-electron chi connectivity index (χ3n) is 2.90. The third-order valence-corrected chi connectivity index (χ3v) is 3.94. The number of aliphatic hydroxyl groups excluding tert-OH is 1. The summed E-state index contributed by atoms with van der Waals surface area (Å²) in [5, 5.41) is 11.6. The summed E-state index contributed by atoms with van der Waals surface area (Å²) in [6, 6.07) is 12.2. The zero-order chi connectivity index (χ0) is 12.8. The Morgan fingerprint density at radius 1 is 1.22 bits per heavy atom. The molecule has 0 radical (unpaired) electrons. The Bertz CT molecular complexity index is 465. The Labute approximate surface area is 112 Å². The van der Waals surface area contributed by atoms with Crippen molar-refractivity contribution in [2.24, 2.45) is 0 Å². The summed E-state index contributed by atoms with van der Waals surface area (Å²) in [4.78, 5) is 1.23. The highest BCUT2D eigenvalue weighted by Gasteiger charge is 2.14. The van der Waals surface area contributed by atoms with Crippen molar-refractivity contribution in [1.82, 2.24) is 0 Å². The summed E-state index contributed by atoms with van der Waals surface area (Å²) in [6.45, 7) is 2.82. The average molecular weight is 262 g/mol. The van der Waals surface area contributed by atoms with Gasteiger partial charge in [0.05, 0.1) is 13.2 Å². The Morgan fingerprint density at radius 3 is 2.72 bits per heavy atom. The van der Waals surface area contributed by atoms with Gasteiger partial charge in [-0.1, -0.05) is 24.3 Å². The fraction of sp³-hybridized carbons (Fsp3) is 0.333. The predicted molar refractivity (Wildman–Crippen MR) is 75.5 cm³/mol. The number of benzene rings is 1. The molecule has 1 unspecified atom stereocenters. The molecule has 1 atom stereocenters. The Kier molecular flexibility index (Phi) is 4.79. The number of hydrogen-bond donors (Lipinski definition) is 1. The minimum absolute atomic E-state index is 0.159. The van der Waals surface area contributed by atoms with Crippen molar-refractivity contribution in [1.29, 1.82) is 0 Å². The summed E-state index contributed by atoms with van der Waals surface area (Å²) in [5.74, 6) is 1.08. The van der Waals surface area contributed by atoms with Gasteiger partial charge in [0.2, 0.25) is 0 Å². The normalized spacial score (nSPS) is 12.3. The van der Waals surface area contributed by atoms with E-state index in [0.29, 0.717) is 6.61 Å². The highest BCUT2D eigenvalue weighted by molar-refractivity contribution is 7.10. The highest BCUT2D eigenvalue weighted by atomic mass is 32.1. The van der Waals surface area contributed by atoms with Crippen molar-refractivity contribution in [3.05, 3.63) is 52.2 Å². The first-order chi connectivity index (χ1) is 8.85. The van der Waals surface area contributed by atoms with Gasteiger partial charge >= 0.3 is 0 Å². The molecular formula is C15H18O2S. The molecule has 3 heteroatoms. The quantitative estimate of drug-likeness (QED) is 0.864. The van der Waals surface area contributed by atoms with Crippen LogP contribution in [0, 0.1) is 0 Å². The van der Waals surface area contributed by atoms with Crippen molar-refractivity contribution in [2.75, 3.05) is 13.2 Å². The van der Waals surface area contributed by atoms with Gasteiger partial charge in [0.25, 0.3) is 0 Å². The smallest absolute Gasteiger partial charge is 0.122 e. The lowest BCUT2D eigenvalue weighted by Crippen LogP contribution is -2.07. The monoisotopic (exact) mass is 262 g/mol. The van der Waals surface area contributed by atoms with Gasteiger partial charge in [0.1, 0.15) is 5.75 Å². The van der Waals surface area contributed by atoms with Crippen LogP contribution < -0.4 is 4.74 Å². The number of thiophene rings is 1. The van der Waals surface area contributed by atoms with E-state index >= 15 is 0 Å². The van der Waals surface area contributed by atoms with Crippen molar-refractivity contribution >= 4 is 11.3 Å². The SMILES string of the molecule is CCOc1ccccc1CC(CO)c1cccs1. The van der Waals surface area contributed by atoms with Crippen molar-refractivity contribution in [3.63, 3.8) is 0 Å². The van der Waals surface area contributed by atoms with E-state index in [1.807, 2.05) is 36.6 Å². The van der Waals surface area contributed by atoms with Crippen LogP contribution in [0.3, 0.4) is 0 Å². The van der Waals surface area contributed by atoms with E-state index in [1.54, 1.807) is 11.3 Å². The molecule has 0 aliphatic rings. The molecular weight excluding hydrogens is 244 g/mol. The van der Waals surface area contributed by atoms with Gasteiger partial charge in [-0.15, -0.1) is 11.3 Å². The molecule has 1 aromatic carbocycles. The van der Waals surface area contributed by atoms with Crippen molar-refractivity contribution < 1.29 is 9.84 Å². The van der Waals surface area contributed by atoms with Crippen LogP contribution in [-0.2, 0) is 6.42 Å². The second-order valence-electron chi connectivity index (χ2n) is 4.14. The summed E-state index contributed by atoms with van der Waals surface area (Å²) in [5.41, 5.74) is 1.16. The van der Waals surface area contributed by atoms with Crippen LogP contribution in [0.2, 0.25) is 0 Å². The molecule has 0 aliphatic carbocycles. The maximum absolute atomic E-state index is 9.55. The molecule has 1 heterocycles. The second kappa shape index (κ2) is 6.57. The Balaban J connectivity index is 2.17. The lowest BCUT2D eigenvalue weighted by molar-refractivity contribution is 0.264. The summed E-state index contributed by atoms with van der Waals surface area (Å²) in [6.07, 6.45) is 0.813. The summed E-state index contributed by atoms with van der Waals surface area (Å²) < 4.78 is 5.62. The molecule has 0 amide bonds. The number of aliphatic hydroxyl groups is 1. The van der Waals surface area contributed by atoms with Crippen LogP contribution in [0.5, 0.6) is 5.75 Å². The fourth-order valence-electron chi connectivity index (χ4n) is 2.01. The minimum Gasteiger partial charge on any atom is -0.494 e. The van der Waals surface area contributed by atoms with E-state index < -0.39 is 0 Å². The zero-order valence-corrected chi connectivity index (χ0v) is 11.3. The molecule has 96 valence electrons. The molecule has 2 rings (SSSR count). The molecule has 0 aliphatic heterocycles. The number of ether oxygens (including phenoxy) is 1. The van der Waals surface area contributed by atoms with Gasteiger partial charge in [-0.05, 0) is 36.4 Å². The molecule has 0 saturated carbocycles. The minimum atomic E-state index is 0.159. The van der Waals surface area contributed by atoms with E-state index in [-0.39, 0.29) is 12.5 Å². The standard InChI is InChI=1S/C15H18O2S/c1-2-17-14-7-4-3-6-12(14)10-13(11-16)15-8-5-9-18-15/h3-9,13,16H,2,10-11H2,1H3. The molecule has 0 bridgehead atoms. The van der Waals surface area contributed by atoms with Gasteiger partial charge in [0, 0.05) is 10.8 Å². The maximum atomic E-state index is 9.55. The van der Waals surface area contributed by atoms with Gasteiger partial charge in [0.15, 0.2) is 0 Å². The molecule has 0 saturated heterocycles. The van der Waals surface area contributed by atoms with E-state index in [1.165, 1.54) is 4.88 Å². The third kappa shape index (κ3) is 3.12. The molecule has 0 spiro atoms. The lowest BCUT2D eigenvalue weighted by atomic mass is 9.98. The van der Waals surface area contributed by atoms with E-state index in [0.717, 1.165) is 17.7 Å². The predicted octanol–water partition coefficient (Wildman–Crippen LogP) is 3.47. The van der Waals surface area contributed by atoms with Crippen LogP contribution >= 0.6 is 11.3 Å². The van der Waals surface area contributed by atoms with Crippen LogP contribution in [-0.4, -0.2) is 18.3 Å². The van der Waals surface area contributed by atoms with Crippen molar-refractivity contribution in [2.45, 2.75) is 19.3 Å². The number of rotatable bonds is 6. The van der Waals surface area contributed by atoms with Gasteiger partial charge in [-0.3, -0.25) is 0 Å². The Hall–Kier alpha value is -1.32. The molecule has 2 aromatic rings. The molecule has 0 fully saturated rings. The second-order valence-corrected chi connectivity index (χ2v) is 5.12. The molecule has 18 heavy (non-hydrogen) atoms. The van der Waals surface area contributed by atoms with E-state index in [2.05, 4.69) is 12.1 Å². The summed E-state index contributed by atoms with van der Waals surface area (Å²) in [7, 11) is 0. The first kappa shape index (κ1) is 13.1. The van der Waals surface area contributed by atoms with E-state index in [4.69, 9.17) is 4.74 Å². The molecule has 2 nitrogen and oxygen atoms in total. The van der Waals surface area contributed by atoms with Gasteiger partial charge in [-0.25, -0.2) is 0 Å². The highest BCUT2D eigenvalue weighted by Crippen LogP contribution is 2.28. The van der Waals surface area contributed by atoms with Crippen molar-refractivity contribution in [3.8, 4) is 5.75 Å². The zero-order valence-electron chi connectivity index (χ0n) is 10.5. The first-order valence-electron chi connectivity index (χ1n) is 6.20. The largest absolute Gasteiger partial charge is 0.494 e. The fourth-order valence-corrected chi connectivity index (χ4v) is 2.83. The van der Waals surface area contributed by atoms with Crippen LogP contribution in [0.4, 0.5) is 0 Å². The molecule has 1 N–H and O–H groups in total. The van der Waals surface area contributed by atoms with Crippen LogP contribution in [0.15, 0.2) is 41.8 Å². The number of hydrogen-bond acceptors (Lipinski definition) is 3. The topological polar surface area (TPSA) is 29.5 Å². The molecule has 1 aromatic heterocycles. The number of para-hydroxylation sites is 1. The lowest BCUT2D eigenvalue weighted by Gasteiger charge is -2.15. The van der Waals surface area contributed by atoms with Crippen LogP contribution in [0.1, 0.15) is 23.3 Å². The maximum Gasteiger partial charge on any atom is 0.122 e. The van der Waals surface area contributed by atoms with Gasteiger partial charge < -0.3 is 9.84 Å². The van der Waals surface area contributed by atoms with Crippen LogP contribution in [0.25, 0.3) is 0 Å².